The van der Waals surface area contributed by atoms with E-state index in [2.05, 4.69) is 10.7 Å². The minimum Gasteiger partial charge on any atom is -0.497 e. The van der Waals surface area contributed by atoms with Crippen molar-refractivity contribution in [2.45, 2.75) is 19.0 Å². The Bertz CT molecular complexity index is 1170. The fraction of sp³-hybridized carbons (Fsp3) is 0.192. The molecule has 7 heteroatoms. The largest absolute Gasteiger partial charge is 0.497 e. The standard InChI is InChI=1S/C26H25N3O4/c1-17-4-8-20(9-5-17)25(30)27-23-24(19-10-14-22(33-3)15-11-19)29(28-26(23)31)16-18-6-12-21(32-2)13-7-18/h4-16,23-24H,1-3H3,(H-,27,28,30,31)/p+1/b29-16-/t23-,24+/m0/s1. The first-order chi connectivity index (χ1) is 16.0. The molecular weight excluding hydrogens is 418 g/mol. The topological polar surface area (TPSA) is 79.7 Å². The number of carbonyl (C=O) groups excluding carboxylic acids is 2. The summed E-state index contributed by atoms with van der Waals surface area (Å²) in [4.78, 5) is 25.9. The van der Waals surface area contributed by atoms with Crippen LogP contribution in [0.5, 0.6) is 11.5 Å². The van der Waals surface area contributed by atoms with Crippen LogP contribution in [0.15, 0.2) is 72.8 Å². The van der Waals surface area contributed by atoms with Gasteiger partial charge < -0.3 is 14.8 Å². The van der Waals surface area contributed by atoms with Crippen LogP contribution in [0.1, 0.15) is 33.1 Å². The van der Waals surface area contributed by atoms with E-state index in [0.717, 1.165) is 22.4 Å². The van der Waals surface area contributed by atoms with Crippen LogP contribution < -0.4 is 20.2 Å². The predicted molar refractivity (Wildman–Crippen MR) is 125 cm³/mol. The van der Waals surface area contributed by atoms with E-state index < -0.39 is 12.1 Å². The SMILES string of the molecule is COc1ccc(/C=[N+]2\NC(=O)[C@@H](NC(=O)c3ccc(C)cc3)[C@H]2c2ccc(OC)cc2)cc1. The molecule has 1 heterocycles. The molecule has 4 rings (SSSR count). The van der Waals surface area contributed by atoms with Crippen LogP contribution in [-0.2, 0) is 4.79 Å². The van der Waals surface area contributed by atoms with Gasteiger partial charge in [0.2, 0.25) is 12.3 Å². The molecule has 3 aromatic carbocycles. The summed E-state index contributed by atoms with van der Waals surface area (Å²) in [5.74, 6) is 0.857. The molecule has 1 aliphatic heterocycles. The van der Waals surface area contributed by atoms with Gasteiger partial charge in [-0.2, -0.15) is 0 Å². The van der Waals surface area contributed by atoms with E-state index in [0.29, 0.717) is 11.3 Å². The zero-order valence-electron chi connectivity index (χ0n) is 18.7. The maximum atomic E-state index is 13.0. The summed E-state index contributed by atoms with van der Waals surface area (Å²) in [6, 6.07) is 20.9. The molecule has 2 N–H and O–H groups in total. The quantitative estimate of drug-likeness (QED) is 0.573. The van der Waals surface area contributed by atoms with Gasteiger partial charge in [-0.25, -0.2) is 0 Å². The molecule has 0 aromatic heterocycles. The average Bonchev–Trinajstić information content (AvgIpc) is 3.14. The van der Waals surface area contributed by atoms with Crippen molar-refractivity contribution < 1.29 is 23.7 Å². The van der Waals surface area contributed by atoms with Crippen molar-refractivity contribution in [3.05, 3.63) is 95.1 Å². The summed E-state index contributed by atoms with van der Waals surface area (Å²) >= 11 is 0. The molecule has 0 bridgehead atoms. The van der Waals surface area contributed by atoms with Gasteiger partial charge in [-0.3, -0.25) is 9.59 Å². The van der Waals surface area contributed by atoms with E-state index in [1.165, 1.54) is 0 Å². The molecule has 2 amide bonds. The number of hydrogen-bond donors (Lipinski definition) is 2. The summed E-state index contributed by atoms with van der Waals surface area (Å²) in [6.07, 6.45) is 1.84. The van der Waals surface area contributed by atoms with Crippen LogP contribution >= 0.6 is 0 Å². The third-order valence-corrected chi connectivity index (χ3v) is 5.60. The summed E-state index contributed by atoms with van der Waals surface area (Å²) < 4.78 is 12.2. The van der Waals surface area contributed by atoms with Crippen molar-refractivity contribution in [3.8, 4) is 11.5 Å². The van der Waals surface area contributed by atoms with Gasteiger partial charge >= 0.3 is 5.91 Å². The van der Waals surface area contributed by atoms with Crippen LogP contribution in [0.3, 0.4) is 0 Å². The molecule has 0 spiro atoms. The minimum atomic E-state index is -0.790. The highest BCUT2D eigenvalue weighted by molar-refractivity contribution is 5.98. The number of aryl methyl sites for hydroxylation is 1. The molecule has 1 saturated heterocycles. The number of amides is 2. The minimum absolute atomic E-state index is 0.291. The van der Waals surface area contributed by atoms with Crippen molar-refractivity contribution >= 4 is 18.0 Å². The lowest BCUT2D eigenvalue weighted by Crippen LogP contribution is -2.42. The van der Waals surface area contributed by atoms with E-state index in [4.69, 9.17) is 9.47 Å². The number of carbonyl (C=O) groups is 2. The Morgan fingerprint density at radius 2 is 1.48 bits per heavy atom. The second-order valence-corrected chi connectivity index (χ2v) is 7.82. The van der Waals surface area contributed by atoms with Crippen molar-refractivity contribution in [3.63, 3.8) is 0 Å². The Morgan fingerprint density at radius 3 is 2.06 bits per heavy atom. The highest BCUT2D eigenvalue weighted by atomic mass is 16.5. The number of ether oxygens (including phenoxy) is 2. The molecule has 0 saturated carbocycles. The molecule has 0 unspecified atom stereocenters. The second kappa shape index (κ2) is 9.56. The van der Waals surface area contributed by atoms with Gasteiger partial charge in [0, 0.05) is 16.7 Å². The molecule has 1 fully saturated rings. The molecule has 3 aromatic rings. The fourth-order valence-electron chi connectivity index (χ4n) is 3.76. The Labute approximate surface area is 192 Å². The monoisotopic (exact) mass is 444 g/mol. The average molecular weight is 445 g/mol. The number of nitrogens with zero attached hydrogens (tertiary/aromatic N) is 1. The lowest BCUT2D eigenvalue weighted by molar-refractivity contribution is -0.596. The highest BCUT2D eigenvalue weighted by Gasteiger charge is 2.47. The summed E-state index contributed by atoms with van der Waals surface area (Å²) in [5, 5.41) is 2.91. The number of hydrogen-bond acceptors (Lipinski definition) is 4. The molecule has 168 valence electrons. The zero-order chi connectivity index (χ0) is 23.4. The van der Waals surface area contributed by atoms with Gasteiger partial charge in [0.15, 0.2) is 6.04 Å². The highest BCUT2D eigenvalue weighted by Crippen LogP contribution is 2.27. The van der Waals surface area contributed by atoms with Gasteiger partial charge in [0.25, 0.3) is 5.91 Å². The van der Waals surface area contributed by atoms with E-state index in [9.17, 15) is 9.59 Å². The van der Waals surface area contributed by atoms with E-state index in [-0.39, 0.29) is 11.8 Å². The zero-order valence-corrected chi connectivity index (χ0v) is 18.7. The third kappa shape index (κ3) is 4.87. The molecule has 1 aliphatic rings. The molecule has 7 nitrogen and oxygen atoms in total. The number of rotatable bonds is 6. The van der Waals surface area contributed by atoms with Gasteiger partial charge in [-0.1, -0.05) is 17.7 Å². The van der Waals surface area contributed by atoms with Crippen molar-refractivity contribution in [2.75, 3.05) is 14.2 Å². The van der Waals surface area contributed by atoms with Crippen molar-refractivity contribution in [2.24, 2.45) is 0 Å². The number of hydrazine groups is 1. The lowest BCUT2D eigenvalue weighted by atomic mass is 9.99. The van der Waals surface area contributed by atoms with Crippen molar-refractivity contribution in [1.29, 1.82) is 0 Å². The normalized spacial score (nSPS) is 18.6. The second-order valence-electron chi connectivity index (χ2n) is 7.82. The maximum Gasteiger partial charge on any atom is 0.304 e. The fourth-order valence-corrected chi connectivity index (χ4v) is 3.76. The Hall–Kier alpha value is -4.13. The van der Waals surface area contributed by atoms with E-state index >= 15 is 0 Å². The summed E-state index contributed by atoms with van der Waals surface area (Å²) in [7, 11) is 3.21. The number of benzene rings is 3. The van der Waals surface area contributed by atoms with E-state index in [1.54, 1.807) is 31.0 Å². The van der Waals surface area contributed by atoms with Crippen LogP contribution in [0.2, 0.25) is 0 Å². The first-order valence-electron chi connectivity index (χ1n) is 10.6. The number of methoxy groups -OCH3 is 2. The van der Waals surface area contributed by atoms with Gasteiger partial charge in [0.1, 0.15) is 11.5 Å². The van der Waals surface area contributed by atoms with Crippen LogP contribution in [0.25, 0.3) is 0 Å². The smallest absolute Gasteiger partial charge is 0.304 e. The number of hydrazone groups is 1. The molecule has 33 heavy (non-hydrogen) atoms. The van der Waals surface area contributed by atoms with Crippen LogP contribution in [-0.4, -0.2) is 43.0 Å². The first-order valence-corrected chi connectivity index (χ1v) is 10.6. The Kier molecular flexibility index (Phi) is 6.40. The Morgan fingerprint density at radius 1 is 0.909 bits per heavy atom. The van der Waals surface area contributed by atoms with Crippen LogP contribution in [0.4, 0.5) is 0 Å². The first kappa shape index (κ1) is 22.1. The molecule has 2 atom stereocenters. The summed E-state index contributed by atoms with van der Waals surface area (Å²) in [6.45, 7) is 1.96. The third-order valence-electron chi connectivity index (χ3n) is 5.60. The van der Waals surface area contributed by atoms with Crippen LogP contribution in [0, 0.1) is 6.92 Å². The van der Waals surface area contributed by atoms with Crippen molar-refractivity contribution in [1.82, 2.24) is 10.7 Å². The molecule has 0 radical (unpaired) electrons. The van der Waals surface area contributed by atoms with Gasteiger partial charge in [0.05, 0.1) is 14.2 Å². The molecule has 0 aliphatic carbocycles. The summed E-state index contributed by atoms with van der Waals surface area (Å²) in [5.41, 5.74) is 6.17. The number of nitrogens with one attached hydrogen (secondary N) is 2. The van der Waals surface area contributed by atoms with Gasteiger partial charge in [-0.15, -0.1) is 10.1 Å². The molecular formula is C26H26N3O4+. The predicted octanol–water partition coefficient (Wildman–Crippen LogP) is 3.03. The van der Waals surface area contributed by atoms with E-state index in [1.807, 2.05) is 73.8 Å². The Balaban J connectivity index is 1.68. The maximum absolute atomic E-state index is 13.0. The van der Waals surface area contributed by atoms with Gasteiger partial charge in [-0.05, 0) is 67.6 Å². The lowest BCUT2D eigenvalue weighted by Gasteiger charge is -2.15.